The number of amides is 2. The molecule has 6 heteroatoms. The van der Waals surface area contributed by atoms with Crippen LogP contribution in [0.25, 0.3) is 0 Å². The van der Waals surface area contributed by atoms with Crippen LogP contribution in [-0.4, -0.2) is 56.2 Å². The number of para-hydroxylation sites is 1. The Morgan fingerprint density at radius 2 is 1.93 bits per heavy atom. The van der Waals surface area contributed by atoms with Crippen LogP contribution in [0.5, 0.6) is 5.75 Å². The number of methoxy groups -OCH3 is 1. The Balaban J connectivity index is 1.58. The van der Waals surface area contributed by atoms with Crippen molar-refractivity contribution in [2.75, 3.05) is 40.3 Å². The fourth-order valence-corrected chi connectivity index (χ4v) is 3.46. The van der Waals surface area contributed by atoms with E-state index in [0.717, 1.165) is 11.3 Å². The molecule has 1 fully saturated rings. The van der Waals surface area contributed by atoms with Crippen molar-refractivity contribution in [3.8, 4) is 5.75 Å². The molecule has 144 valence electrons. The van der Waals surface area contributed by atoms with Crippen molar-refractivity contribution in [3.63, 3.8) is 0 Å². The predicted molar refractivity (Wildman–Crippen MR) is 103 cm³/mol. The van der Waals surface area contributed by atoms with Crippen LogP contribution in [-0.2, 0) is 6.42 Å². The van der Waals surface area contributed by atoms with Gasteiger partial charge in [0, 0.05) is 31.7 Å². The average Bonchev–Trinajstić information content (AvgIpc) is 2.69. The maximum absolute atomic E-state index is 14.2. The summed E-state index contributed by atoms with van der Waals surface area (Å²) in [6, 6.07) is 14.3. The highest BCUT2D eigenvalue weighted by Crippen LogP contribution is 2.26. The smallest absolute Gasteiger partial charge is 0.317 e. The van der Waals surface area contributed by atoms with Gasteiger partial charge >= 0.3 is 6.03 Å². The lowest BCUT2D eigenvalue weighted by Gasteiger charge is -2.39. The van der Waals surface area contributed by atoms with Gasteiger partial charge in [-0.25, -0.2) is 9.18 Å². The number of carbonyl (C=O) groups excluding carboxylic acids is 1. The van der Waals surface area contributed by atoms with E-state index in [9.17, 15) is 9.18 Å². The lowest BCUT2D eigenvalue weighted by molar-refractivity contribution is 0.108. The van der Waals surface area contributed by atoms with Crippen LogP contribution < -0.4 is 10.1 Å². The number of nitrogens with zero attached hydrogens (tertiary/aromatic N) is 2. The van der Waals surface area contributed by atoms with Crippen molar-refractivity contribution in [2.24, 2.45) is 0 Å². The Bertz CT molecular complexity index is 784. The molecule has 0 aliphatic carbocycles. The second kappa shape index (κ2) is 8.86. The molecular weight excluding hydrogens is 345 g/mol. The molecule has 1 heterocycles. The van der Waals surface area contributed by atoms with Crippen LogP contribution in [0.1, 0.15) is 17.2 Å². The van der Waals surface area contributed by atoms with Crippen LogP contribution in [0, 0.1) is 5.82 Å². The van der Waals surface area contributed by atoms with Gasteiger partial charge in [-0.05, 0) is 31.2 Å². The minimum Gasteiger partial charge on any atom is -0.496 e. The summed E-state index contributed by atoms with van der Waals surface area (Å²) in [6.07, 6.45) is 0.695. The van der Waals surface area contributed by atoms with Crippen LogP contribution in [0.3, 0.4) is 0 Å². The third-order valence-corrected chi connectivity index (χ3v) is 5.06. The number of urea groups is 1. The molecule has 2 aromatic rings. The van der Waals surface area contributed by atoms with E-state index in [0.29, 0.717) is 38.2 Å². The minimum atomic E-state index is -0.229. The monoisotopic (exact) mass is 371 g/mol. The first-order chi connectivity index (χ1) is 13.1. The normalized spacial score (nSPS) is 17.6. The topological polar surface area (TPSA) is 44.8 Å². The number of rotatable bonds is 5. The minimum absolute atomic E-state index is 0.112. The summed E-state index contributed by atoms with van der Waals surface area (Å²) in [5, 5.41) is 2.97. The summed E-state index contributed by atoms with van der Waals surface area (Å²) in [5.74, 6) is 0.596. The summed E-state index contributed by atoms with van der Waals surface area (Å²) in [5.41, 5.74) is 1.69. The summed E-state index contributed by atoms with van der Waals surface area (Å²) in [7, 11) is 3.61. The second-order valence-electron chi connectivity index (χ2n) is 6.76. The molecule has 5 nitrogen and oxygen atoms in total. The molecule has 1 aliphatic rings. The predicted octanol–water partition coefficient (Wildman–Crippen LogP) is 3.08. The third kappa shape index (κ3) is 4.57. The average molecular weight is 371 g/mol. The molecule has 1 atom stereocenters. The molecule has 2 amide bonds. The zero-order valence-electron chi connectivity index (χ0n) is 15.8. The summed E-state index contributed by atoms with van der Waals surface area (Å²) in [6.45, 7) is 2.33. The van der Waals surface area contributed by atoms with Gasteiger partial charge in [0.25, 0.3) is 0 Å². The second-order valence-corrected chi connectivity index (χ2v) is 6.76. The standard InChI is InChI=1S/C21H26FN3O2/c1-24-13-14-25(15-19(24)17-8-4-5-9-18(17)22)21(26)23-12-11-16-7-3-6-10-20(16)27-2/h3-10,19H,11-15H2,1-2H3,(H,23,26). The van der Waals surface area contributed by atoms with E-state index < -0.39 is 0 Å². The molecule has 0 spiro atoms. The van der Waals surface area contributed by atoms with Gasteiger partial charge in [0.1, 0.15) is 11.6 Å². The highest BCUT2D eigenvalue weighted by atomic mass is 19.1. The van der Waals surface area contributed by atoms with Crippen molar-refractivity contribution >= 4 is 6.03 Å². The molecule has 2 aromatic carbocycles. The summed E-state index contributed by atoms with van der Waals surface area (Å²) in [4.78, 5) is 16.4. The highest BCUT2D eigenvalue weighted by molar-refractivity contribution is 5.74. The molecule has 1 aliphatic heterocycles. The lowest BCUT2D eigenvalue weighted by Crippen LogP contribution is -2.52. The molecule has 1 saturated heterocycles. The van der Waals surface area contributed by atoms with Gasteiger partial charge in [-0.3, -0.25) is 4.90 Å². The van der Waals surface area contributed by atoms with Crippen LogP contribution >= 0.6 is 0 Å². The molecule has 1 N–H and O–H groups in total. The summed E-state index contributed by atoms with van der Waals surface area (Å²) >= 11 is 0. The van der Waals surface area contributed by atoms with E-state index in [2.05, 4.69) is 10.2 Å². The SMILES string of the molecule is COc1ccccc1CCNC(=O)N1CCN(C)C(c2ccccc2F)C1. The Morgan fingerprint density at radius 1 is 1.19 bits per heavy atom. The number of hydrogen-bond donors (Lipinski definition) is 1. The number of halogens is 1. The van der Waals surface area contributed by atoms with E-state index in [1.165, 1.54) is 6.07 Å². The van der Waals surface area contributed by atoms with E-state index in [1.54, 1.807) is 24.1 Å². The number of likely N-dealkylation sites (N-methyl/N-ethyl adjacent to an activating group) is 1. The molecular formula is C21H26FN3O2. The van der Waals surface area contributed by atoms with E-state index >= 15 is 0 Å². The van der Waals surface area contributed by atoms with Gasteiger partial charge in [0.15, 0.2) is 0 Å². The fourth-order valence-electron chi connectivity index (χ4n) is 3.46. The Morgan fingerprint density at radius 3 is 2.70 bits per heavy atom. The molecule has 0 saturated carbocycles. The number of hydrogen-bond acceptors (Lipinski definition) is 3. The number of nitrogens with one attached hydrogen (secondary N) is 1. The van der Waals surface area contributed by atoms with Gasteiger partial charge in [0.05, 0.1) is 13.2 Å². The molecule has 0 radical (unpaired) electrons. The van der Waals surface area contributed by atoms with E-state index in [1.807, 2.05) is 37.4 Å². The maximum atomic E-state index is 14.2. The molecule has 3 rings (SSSR count). The van der Waals surface area contributed by atoms with Gasteiger partial charge in [0.2, 0.25) is 0 Å². The van der Waals surface area contributed by atoms with E-state index in [4.69, 9.17) is 4.74 Å². The largest absolute Gasteiger partial charge is 0.496 e. The molecule has 27 heavy (non-hydrogen) atoms. The Kier molecular flexibility index (Phi) is 6.29. The fraction of sp³-hybridized carbons (Fsp3) is 0.381. The van der Waals surface area contributed by atoms with Crippen molar-refractivity contribution in [2.45, 2.75) is 12.5 Å². The Hall–Kier alpha value is -2.60. The zero-order valence-corrected chi connectivity index (χ0v) is 15.8. The lowest BCUT2D eigenvalue weighted by atomic mass is 10.0. The van der Waals surface area contributed by atoms with Gasteiger partial charge in [-0.2, -0.15) is 0 Å². The summed E-state index contributed by atoms with van der Waals surface area (Å²) < 4.78 is 19.5. The zero-order chi connectivity index (χ0) is 19.2. The molecule has 1 unspecified atom stereocenters. The third-order valence-electron chi connectivity index (χ3n) is 5.06. The first-order valence-corrected chi connectivity index (χ1v) is 9.19. The first-order valence-electron chi connectivity index (χ1n) is 9.19. The van der Waals surface area contributed by atoms with Crippen LogP contribution in [0.15, 0.2) is 48.5 Å². The Labute approximate surface area is 159 Å². The van der Waals surface area contributed by atoms with Gasteiger partial charge in [-0.15, -0.1) is 0 Å². The first kappa shape index (κ1) is 19.2. The number of benzene rings is 2. The molecule has 0 aromatic heterocycles. The van der Waals surface area contributed by atoms with Crippen LogP contribution in [0.2, 0.25) is 0 Å². The quantitative estimate of drug-likeness (QED) is 0.879. The van der Waals surface area contributed by atoms with Crippen molar-refractivity contribution < 1.29 is 13.9 Å². The van der Waals surface area contributed by atoms with Gasteiger partial charge in [-0.1, -0.05) is 36.4 Å². The maximum Gasteiger partial charge on any atom is 0.317 e. The molecule has 0 bridgehead atoms. The van der Waals surface area contributed by atoms with E-state index in [-0.39, 0.29) is 17.9 Å². The van der Waals surface area contributed by atoms with Crippen molar-refractivity contribution in [1.82, 2.24) is 15.1 Å². The number of piperazine rings is 1. The van der Waals surface area contributed by atoms with Gasteiger partial charge < -0.3 is 15.0 Å². The van der Waals surface area contributed by atoms with Crippen molar-refractivity contribution in [3.05, 3.63) is 65.5 Å². The number of ether oxygens (including phenoxy) is 1. The number of carbonyl (C=O) groups is 1. The van der Waals surface area contributed by atoms with Crippen molar-refractivity contribution in [1.29, 1.82) is 0 Å². The van der Waals surface area contributed by atoms with Crippen LogP contribution in [0.4, 0.5) is 9.18 Å². The highest BCUT2D eigenvalue weighted by Gasteiger charge is 2.29.